The molecule has 0 saturated carbocycles. The SMILES string of the molecule is C=CCN1c2ccc(C(=O)Nc3ccc(C)c(C)c3)cc2-c2ccccc2S1(=O)=O. The first-order valence-electron chi connectivity index (χ1n) is 9.58. The summed E-state index contributed by atoms with van der Waals surface area (Å²) < 4.78 is 27.5. The highest BCUT2D eigenvalue weighted by atomic mass is 32.2. The first-order valence-corrected chi connectivity index (χ1v) is 11.0. The fraction of sp³-hybridized carbons (Fsp3) is 0.125. The Hall–Kier alpha value is -3.38. The molecule has 6 heteroatoms. The Morgan fingerprint density at radius 3 is 2.50 bits per heavy atom. The third kappa shape index (κ3) is 3.29. The number of amides is 1. The Labute approximate surface area is 176 Å². The number of carbonyl (C=O) groups excluding carboxylic acids is 1. The molecule has 30 heavy (non-hydrogen) atoms. The highest BCUT2D eigenvalue weighted by molar-refractivity contribution is 7.93. The topological polar surface area (TPSA) is 66.5 Å². The number of sulfonamides is 1. The predicted molar refractivity (Wildman–Crippen MR) is 120 cm³/mol. The fourth-order valence-electron chi connectivity index (χ4n) is 3.61. The van der Waals surface area contributed by atoms with E-state index >= 15 is 0 Å². The molecule has 0 atom stereocenters. The Morgan fingerprint density at radius 1 is 1.00 bits per heavy atom. The van der Waals surface area contributed by atoms with E-state index in [1.165, 1.54) is 4.31 Å². The third-order valence-electron chi connectivity index (χ3n) is 5.33. The number of aryl methyl sites for hydroxylation is 2. The van der Waals surface area contributed by atoms with E-state index in [1.54, 1.807) is 48.5 Å². The van der Waals surface area contributed by atoms with Gasteiger partial charge in [0.1, 0.15) is 0 Å². The molecule has 1 N–H and O–H groups in total. The largest absolute Gasteiger partial charge is 0.322 e. The van der Waals surface area contributed by atoms with Crippen molar-refractivity contribution in [1.29, 1.82) is 0 Å². The normalized spacial score (nSPS) is 13.9. The van der Waals surface area contributed by atoms with Crippen LogP contribution in [0.1, 0.15) is 21.5 Å². The van der Waals surface area contributed by atoms with Gasteiger partial charge in [-0.15, -0.1) is 6.58 Å². The van der Waals surface area contributed by atoms with Gasteiger partial charge in [-0.3, -0.25) is 9.10 Å². The van der Waals surface area contributed by atoms with Gasteiger partial charge in [-0.25, -0.2) is 8.42 Å². The second kappa shape index (κ2) is 7.46. The maximum Gasteiger partial charge on any atom is 0.265 e. The van der Waals surface area contributed by atoms with E-state index in [1.807, 2.05) is 32.0 Å². The molecule has 5 nitrogen and oxygen atoms in total. The zero-order valence-corrected chi connectivity index (χ0v) is 17.7. The molecule has 0 fully saturated rings. The average molecular weight is 419 g/mol. The molecule has 152 valence electrons. The zero-order chi connectivity index (χ0) is 21.5. The smallest absolute Gasteiger partial charge is 0.265 e. The lowest BCUT2D eigenvalue weighted by atomic mass is 10.00. The van der Waals surface area contributed by atoms with Crippen molar-refractivity contribution in [3.05, 3.63) is 90.0 Å². The van der Waals surface area contributed by atoms with Gasteiger partial charge in [0.15, 0.2) is 0 Å². The Bertz CT molecular complexity index is 1280. The zero-order valence-electron chi connectivity index (χ0n) is 16.8. The maximum absolute atomic E-state index is 13.1. The van der Waals surface area contributed by atoms with Crippen molar-refractivity contribution in [2.24, 2.45) is 0 Å². The number of fused-ring (bicyclic) bond motifs is 3. The molecule has 0 saturated heterocycles. The number of benzene rings is 3. The molecule has 0 unspecified atom stereocenters. The quantitative estimate of drug-likeness (QED) is 0.612. The second-order valence-corrected chi connectivity index (χ2v) is 9.14. The number of hydrogen-bond acceptors (Lipinski definition) is 3. The van der Waals surface area contributed by atoms with Crippen LogP contribution in [0.3, 0.4) is 0 Å². The third-order valence-corrected chi connectivity index (χ3v) is 7.17. The van der Waals surface area contributed by atoms with Crippen LogP contribution in [0.25, 0.3) is 11.1 Å². The van der Waals surface area contributed by atoms with E-state index in [9.17, 15) is 13.2 Å². The highest BCUT2D eigenvalue weighted by Crippen LogP contribution is 2.43. The van der Waals surface area contributed by atoms with E-state index in [-0.39, 0.29) is 17.3 Å². The van der Waals surface area contributed by atoms with Crippen LogP contribution in [-0.4, -0.2) is 20.9 Å². The Balaban J connectivity index is 1.78. The molecule has 0 spiro atoms. The number of nitrogens with one attached hydrogen (secondary N) is 1. The van der Waals surface area contributed by atoms with Crippen LogP contribution in [0, 0.1) is 13.8 Å². The fourth-order valence-corrected chi connectivity index (χ4v) is 5.27. The lowest BCUT2D eigenvalue weighted by Gasteiger charge is -2.31. The van der Waals surface area contributed by atoms with Crippen LogP contribution in [0.15, 0.2) is 78.2 Å². The molecule has 0 aromatic heterocycles. The highest BCUT2D eigenvalue weighted by Gasteiger charge is 2.34. The molecular weight excluding hydrogens is 396 g/mol. The number of hydrogen-bond donors (Lipinski definition) is 1. The van der Waals surface area contributed by atoms with E-state index in [0.717, 1.165) is 16.8 Å². The summed E-state index contributed by atoms with van der Waals surface area (Å²) in [5, 5.41) is 2.92. The molecule has 3 aromatic rings. The van der Waals surface area contributed by atoms with E-state index in [2.05, 4.69) is 11.9 Å². The predicted octanol–water partition coefficient (Wildman–Crippen LogP) is 4.92. The van der Waals surface area contributed by atoms with Gasteiger partial charge in [0, 0.05) is 22.4 Å². The summed E-state index contributed by atoms with van der Waals surface area (Å²) >= 11 is 0. The molecule has 1 aliphatic rings. The van der Waals surface area contributed by atoms with E-state index in [4.69, 9.17) is 0 Å². The van der Waals surface area contributed by atoms with Gasteiger partial charge in [0.2, 0.25) is 0 Å². The molecule has 0 bridgehead atoms. The number of carbonyl (C=O) groups is 1. The van der Waals surface area contributed by atoms with Crippen molar-refractivity contribution >= 4 is 27.3 Å². The van der Waals surface area contributed by atoms with Gasteiger partial charge in [-0.2, -0.15) is 0 Å². The summed E-state index contributed by atoms with van der Waals surface area (Å²) in [5.41, 5.74) is 5.26. The summed E-state index contributed by atoms with van der Waals surface area (Å²) in [4.78, 5) is 13.1. The maximum atomic E-state index is 13.1. The van der Waals surface area contributed by atoms with Crippen LogP contribution in [0.4, 0.5) is 11.4 Å². The molecule has 1 aliphatic heterocycles. The summed E-state index contributed by atoms with van der Waals surface area (Å²) in [7, 11) is -3.69. The standard InChI is InChI=1S/C24H22N2O3S/c1-4-13-26-22-12-10-18(24(27)25-19-11-9-16(2)17(3)14-19)15-21(22)20-7-5-6-8-23(20)30(26,28)29/h4-12,14-15H,1,13H2,2-3H3,(H,25,27). The Kier molecular flexibility index (Phi) is 4.95. The van der Waals surface area contributed by atoms with Gasteiger partial charge >= 0.3 is 0 Å². The summed E-state index contributed by atoms with van der Waals surface area (Å²) in [6, 6.07) is 17.7. The molecular formula is C24H22N2O3S. The van der Waals surface area contributed by atoms with Crippen LogP contribution in [-0.2, 0) is 10.0 Å². The van der Waals surface area contributed by atoms with Crippen molar-refractivity contribution in [3.8, 4) is 11.1 Å². The van der Waals surface area contributed by atoms with Crippen LogP contribution in [0.5, 0.6) is 0 Å². The minimum atomic E-state index is -3.69. The van der Waals surface area contributed by atoms with Crippen molar-refractivity contribution < 1.29 is 13.2 Å². The van der Waals surface area contributed by atoms with Gasteiger partial charge in [-0.05, 0) is 61.4 Å². The molecule has 0 radical (unpaired) electrons. The van der Waals surface area contributed by atoms with Gasteiger partial charge in [0.25, 0.3) is 15.9 Å². The first kappa shape index (κ1) is 19.9. The lowest BCUT2D eigenvalue weighted by Crippen LogP contribution is -2.34. The van der Waals surface area contributed by atoms with Gasteiger partial charge in [-0.1, -0.05) is 30.3 Å². The molecule has 1 heterocycles. The monoisotopic (exact) mass is 418 g/mol. The summed E-state index contributed by atoms with van der Waals surface area (Å²) in [6.07, 6.45) is 1.55. The molecule has 3 aromatic carbocycles. The molecule has 1 amide bonds. The van der Waals surface area contributed by atoms with E-state index < -0.39 is 10.0 Å². The minimum absolute atomic E-state index is 0.151. The van der Waals surface area contributed by atoms with Crippen LogP contribution >= 0.6 is 0 Å². The van der Waals surface area contributed by atoms with Crippen molar-refractivity contribution in [3.63, 3.8) is 0 Å². The number of nitrogens with zero attached hydrogens (tertiary/aromatic N) is 1. The van der Waals surface area contributed by atoms with Gasteiger partial charge < -0.3 is 5.32 Å². The summed E-state index contributed by atoms with van der Waals surface area (Å²) in [6.45, 7) is 7.85. The van der Waals surface area contributed by atoms with Crippen LogP contribution < -0.4 is 9.62 Å². The minimum Gasteiger partial charge on any atom is -0.322 e. The Morgan fingerprint density at radius 2 is 1.77 bits per heavy atom. The first-order chi connectivity index (χ1) is 14.3. The van der Waals surface area contributed by atoms with Crippen molar-refractivity contribution in [2.75, 3.05) is 16.2 Å². The number of anilines is 2. The second-order valence-electron chi connectivity index (χ2n) is 7.31. The molecule has 4 rings (SSSR count). The van der Waals surface area contributed by atoms with Crippen molar-refractivity contribution in [1.82, 2.24) is 0 Å². The van der Waals surface area contributed by atoms with Crippen LogP contribution in [0.2, 0.25) is 0 Å². The summed E-state index contributed by atoms with van der Waals surface area (Å²) in [5.74, 6) is -0.248. The van der Waals surface area contributed by atoms with E-state index in [0.29, 0.717) is 22.4 Å². The van der Waals surface area contributed by atoms with Gasteiger partial charge in [0.05, 0.1) is 17.1 Å². The average Bonchev–Trinajstić information content (AvgIpc) is 2.73. The number of rotatable bonds is 4. The molecule has 0 aliphatic carbocycles. The van der Waals surface area contributed by atoms with Crippen molar-refractivity contribution in [2.45, 2.75) is 18.7 Å². The lowest BCUT2D eigenvalue weighted by molar-refractivity contribution is 0.102.